The summed E-state index contributed by atoms with van der Waals surface area (Å²) < 4.78 is 16.3. The van der Waals surface area contributed by atoms with Crippen LogP contribution in [0.15, 0.2) is 90.0 Å². The number of carbonyl (C=O) groups is 2. The fraction of sp³-hybridized carbons (Fsp3) is 0.111. The number of aromatic nitrogens is 2. The van der Waals surface area contributed by atoms with Gasteiger partial charge in [-0.05, 0) is 47.9 Å². The molecule has 0 bridgehead atoms. The second kappa shape index (κ2) is 10.2. The number of benzene rings is 2. The summed E-state index contributed by atoms with van der Waals surface area (Å²) in [5.74, 6) is -1.01. The van der Waals surface area contributed by atoms with Gasteiger partial charge in [-0.25, -0.2) is 14.2 Å². The zero-order chi connectivity index (χ0) is 25.9. The van der Waals surface area contributed by atoms with Crippen LogP contribution in [0.2, 0.25) is 5.02 Å². The van der Waals surface area contributed by atoms with Gasteiger partial charge in [0, 0.05) is 31.1 Å². The number of rotatable bonds is 4. The highest BCUT2D eigenvalue weighted by Crippen LogP contribution is 2.32. The lowest BCUT2D eigenvalue weighted by molar-refractivity contribution is -0.120. The summed E-state index contributed by atoms with van der Waals surface area (Å²) in [6, 6.07) is 17.7. The average Bonchev–Trinajstić information content (AvgIpc) is 2.90. The van der Waals surface area contributed by atoms with Crippen molar-refractivity contribution in [2.24, 2.45) is 0 Å². The molecule has 10 heteroatoms. The zero-order valence-electron chi connectivity index (χ0n) is 19.4. The molecule has 3 amide bonds. The van der Waals surface area contributed by atoms with E-state index in [2.05, 4.69) is 15.6 Å². The average molecular weight is 518 g/mol. The van der Waals surface area contributed by atoms with Crippen molar-refractivity contribution in [2.45, 2.75) is 12.5 Å². The summed E-state index contributed by atoms with van der Waals surface area (Å²) in [4.78, 5) is 44.3. The van der Waals surface area contributed by atoms with E-state index in [1.807, 2.05) is 12.1 Å². The van der Waals surface area contributed by atoms with Gasteiger partial charge >= 0.3 is 6.03 Å². The number of hydrogen-bond acceptors (Lipinski definition) is 4. The third kappa shape index (κ3) is 5.07. The standard InChI is InChI=1S/C27H21ClFN5O3/c28-18-8-11-23(30-16-18)32-27(37)34-14-12-17-5-1-2-6-20(17)25(34)26(36)31-22-10-9-19(15-21(22)29)33-13-4-3-7-24(33)35/h1-11,13,15-16,25H,12,14H2,(H,31,36)(H,30,32,37). The molecule has 186 valence electrons. The first-order valence-corrected chi connectivity index (χ1v) is 11.8. The topological polar surface area (TPSA) is 96.3 Å². The van der Waals surface area contributed by atoms with Crippen molar-refractivity contribution in [3.05, 3.63) is 118 Å². The van der Waals surface area contributed by atoms with E-state index < -0.39 is 23.8 Å². The molecule has 0 saturated heterocycles. The lowest BCUT2D eigenvalue weighted by atomic mass is 9.92. The Balaban J connectivity index is 1.42. The monoisotopic (exact) mass is 517 g/mol. The van der Waals surface area contributed by atoms with Gasteiger partial charge in [0.1, 0.15) is 17.7 Å². The van der Waals surface area contributed by atoms with Gasteiger partial charge < -0.3 is 10.2 Å². The highest BCUT2D eigenvalue weighted by atomic mass is 35.5. The predicted molar refractivity (Wildman–Crippen MR) is 138 cm³/mol. The van der Waals surface area contributed by atoms with Gasteiger partial charge in [-0.2, -0.15) is 0 Å². The molecule has 0 fully saturated rings. The molecule has 0 saturated carbocycles. The van der Waals surface area contributed by atoms with Crippen LogP contribution in [0.25, 0.3) is 5.69 Å². The van der Waals surface area contributed by atoms with E-state index in [4.69, 9.17) is 11.6 Å². The molecule has 1 aliphatic heterocycles. The van der Waals surface area contributed by atoms with Crippen LogP contribution in [-0.4, -0.2) is 32.9 Å². The molecular formula is C27H21ClFN5O3. The summed E-state index contributed by atoms with van der Waals surface area (Å²) in [6.45, 7) is 0.271. The van der Waals surface area contributed by atoms with Crippen LogP contribution in [-0.2, 0) is 11.2 Å². The molecule has 37 heavy (non-hydrogen) atoms. The van der Waals surface area contributed by atoms with Gasteiger partial charge in [-0.15, -0.1) is 0 Å². The van der Waals surface area contributed by atoms with Crippen LogP contribution in [0.5, 0.6) is 0 Å². The number of carbonyl (C=O) groups excluding carboxylic acids is 2. The lowest BCUT2D eigenvalue weighted by Gasteiger charge is -2.36. The maximum atomic E-state index is 15.0. The lowest BCUT2D eigenvalue weighted by Crippen LogP contribution is -2.47. The van der Waals surface area contributed by atoms with Gasteiger partial charge in [0.15, 0.2) is 0 Å². The Hall–Kier alpha value is -4.50. The number of amides is 3. The maximum absolute atomic E-state index is 15.0. The van der Waals surface area contributed by atoms with Gasteiger partial charge in [-0.3, -0.25) is 19.5 Å². The number of nitrogens with one attached hydrogen (secondary N) is 2. The molecular weight excluding hydrogens is 497 g/mol. The molecule has 0 spiro atoms. The third-order valence-corrected chi connectivity index (χ3v) is 6.29. The van der Waals surface area contributed by atoms with E-state index in [0.717, 1.165) is 5.56 Å². The van der Waals surface area contributed by atoms with E-state index in [-0.39, 0.29) is 23.6 Å². The number of halogens is 2. The molecule has 1 unspecified atom stereocenters. The molecule has 1 atom stereocenters. The van der Waals surface area contributed by atoms with Crippen LogP contribution >= 0.6 is 11.6 Å². The molecule has 8 nitrogen and oxygen atoms in total. The van der Waals surface area contributed by atoms with Crippen LogP contribution in [0.1, 0.15) is 17.2 Å². The minimum absolute atomic E-state index is 0.0690. The molecule has 2 aromatic carbocycles. The molecule has 5 rings (SSSR count). The van der Waals surface area contributed by atoms with Crippen molar-refractivity contribution in [1.82, 2.24) is 14.5 Å². The first-order chi connectivity index (χ1) is 17.9. The summed E-state index contributed by atoms with van der Waals surface area (Å²) in [5.41, 5.74) is 1.52. The number of hydrogen-bond donors (Lipinski definition) is 2. The first-order valence-electron chi connectivity index (χ1n) is 11.5. The van der Waals surface area contributed by atoms with Crippen molar-refractivity contribution in [3.8, 4) is 5.69 Å². The predicted octanol–water partition coefficient (Wildman–Crippen LogP) is 4.80. The fourth-order valence-corrected chi connectivity index (χ4v) is 4.41. The number of nitrogens with zero attached hydrogens (tertiary/aromatic N) is 3. The van der Waals surface area contributed by atoms with Gasteiger partial charge in [0.2, 0.25) is 0 Å². The number of anilines is 2. The Morgan fingerprint density at radius 3 is 2.57 bits per heavy atom. The highest BCUT2D eigenvalue weighted by Gasteiger charge is 2.36. The highest BCUT2D eigenvalue weighted by molar-refractivity contribution is 6.30. The smallest absolute Gasteiger partial charge is 0.321 e. The molecule has 0 aliphatic carbocycles. The van der Waals surface area contributed by atoms with Crippen molar-refractivity contribution < 1.29 is 14.0 Å². The SMILES string of the molecule is O=C(Nc1ccc(-n2ccccc2=O)cc1F)C1c2ccccc2CCN1C(=O)Nc1ccc(Cl)cn1. The van der Waals surface area contributed by atoms with E-state index in [1.165, 1.54) is 46.1 Å². The van der Waals surface area contributed by atoms with Crippen LogP contribution < -0.4 is 16.2 Å². The first kappa shape index (κ1) is 24.2. The Morgan fingerprint density at radius 1 is 1.00 bits per heavy atom. The Kier molecular flexibility index (Phi) is 6.70. The van der Waals surface area contributed by atoms with Crippen molar-refractivity contribution >= 4 is 35.0 Å². The van der Waals surface area contributed by atoms with Crippen molar-refractivity contribution in [1.29, 1.82) is 0 Å². The zero-order valence-corrected chi connectivity index (χ0v) is 20.2. The minimum atomic E-state index is -1.01. The van der Waals surface area contributed by atoms with E-state index in [9.17, 15) is 14.4 Å². The second-order valence-corrected chi connectivity index (χ2v) is 8.84. The summed E-state index contributed by atoms with van der Waals surface area (Å²) >= 11 is 5.87. The molecule has 4 aromatic rings. The van der Waals surface area contributed by atoms with Crippen molar-refractivity contribution in [2.75, 3.05) is 17.2 Å². The fourth-order valence-electron chi connectivity index (χ4n) is 4.30. The Bertz CT molecular complexity index is 1540. The summed E-state index contributed by atoms with van der Waals surface area (Å²) in [5, 5.41) is 5.73. The van der Waals surface area contributed by atoms with Gasteiger partial charge in [0.25, 0.3) is 11.5 Å². The minimum Gasteiger partial charge on any atom is -0.321 e. The Morgan fingerprint density at radius 2 is 1.81 bits per heavy atom. The molecule has 1 aliphatic rings. The number of pyridine rings is 2. The largest absolute Gasteiger partial charge is 0.323 e. The summed E-state index contributed by atoms with van der Waals surface area (Å²) in [6.07, 6.45) is 3.49. The third-order valence-electron chi connectivity index (χ3n) is 6.07. The molecule has 2 N–H and O–H groups in total. The van der Waals surface area contributed by atoms with Gasteiger partial charge in [0.05, 0.1) is 16.4 Å². The van der Waals surface area contributed by atoms with E-state index in [0.29, 0.717) is 22.7 Å². The van der Waals surface area contributed by atoms with Crippen LogP contribution in [0.4, 0.5) is 20.7 Å². The second-order valence-electron chi connectivity index (χ2n) is 8.40. The van der Waals surface area contributed by atoms with Crippen molar-refractivity contribution in [3.63, 3.8) is 0 Å². The van der Waals surface area contributed by atoms with E-state index in [1.54, 1.807) is 36.4 Å². The normalized spacial score (nSPS) is 14.5. The van der Waals surface area contributed by atoms with Gasteiger partial charge in [-0.1, -0.05) is 41.9 Å². The van der Waals surface area contributed by atoms with Crippen LogP contribution in [0, 0.1) is 5.82 Å². The van der Waals surface area contributed by atoms with E-state index >= 15 is 4.39 Å². The molecule has 0 radical (unpaired) electrons. The number of urea groups is 1. The van der Waals surface area contributed by atoms with Crippen LogP contribution in [0.3, 0.4) is 0 Å². The Labute approximate surface area is 216 Å². The summed E-state index contributed by atoms with van der Waals surface area (Å²) in [7, 11) is 0. The maximum Gasteiger partial charge on any atom is 0.323 e. The number of fused-ring (bicyclic) bond motifs is 1. The molecule has 3 heterocycles. The quantitative estimate of drug-likeness (QED) is 0.406. The molecule has 2 aromatic heterocycles.